The first-order valence-electron chi connectivity index (χ1n) is 8.24. The van der Waals surface area contributed by atoms with Gasteiger partial charge in [-0.2, -0.15) is 0 Å². The van der Waals surface area contributed by atoms with Crippen LogP contribution in [0.5, 0.6) is 0 Å². The van der Waals surface area contributed by atoms with Gasteiger partial charge in [0.05, 0.1) is 5.92 Å². The molecule has 0 radical (unpaired) electrons. The summed E-state index contributed by atoms with van der Waals surface area (Å²) in [6, 6.07) is 22.7. The van der Waals surface area contributed by atoms with E-state index in [0.29, 0.717) is 21.8 Å². The van der Waals surface area contributed by atoms with Crippen molar-refractivity contribution >= 4 is 29.1 Å². The van der Waals surface area contributed by atoms with Crippen LogP contribution in [0.15, 0.2) is 78.9 Å². The number of hydrogen-bond acceptors (Lipinski definition) is 3. The number of hydroxylamine groups is 1. The smallest absolute Gasteiger partial charge is 0.255 e. The predicted molar refractivity (Wildman–Crippen MR) is 104 cm³/mol. The molecule has 0 heterocycles. The van der Waals surface area contributed by atoms with Crippen molar-refractivity contribution in [1.82, 2.24) is 5.48 Å². The minimum absolute atomic E-state index is 0.308. The van der Waals surface area contributed by atoms with E-state index in [4.69, 9.17) is 16.8 Å². The first-order valence-corrected chi connectivity index (χ1v) is 8.62. The second kappa shape index (κ2) is 8.49. The highest BCUT2D eigenvalue weighted by atomic mass is 35.5. The summed E-state index contributed by atoms with van der Waals surface area (Å²) in [6.45, 7) is 0. The molecule has 0 saturated carbocycles. The summed E-state index contributed by atoms with van der Waals surface area (Å²) in [5.41, 5.74) is 4.04. The highest BCUT2D eigenvalue weighted by molar-refractivity contribution is 6.31. The van der Waals surface area contributed by atoms with Gasteiger partial charge in [-0.15, -0.1) is 0 Å². The molecular formula is C21H17ClN2O3. The average molecular weight is 381 g/mol. The lowest BCUT2D eigenvalue weighted by Gasteiger charge is -2.17. The van der Waals surface area contributed by atoms with E-state index in [1.165, 1.54) is 0 Å². The third kappa shape index (κ3) is 4.53. The topological polar surface area (TPSA) is 78.4 Å². The minimum atomic E-state index is -0.709. The standard InChI is InChI=1S/C21H17ClN2O3/c22-17-10-4-9-16(12-17)20(25)23-18-11-5-8-15(13-18)19(21(26)24-27)14-6-2-1-3-7-14/h1-13,19,27H,(H,23,25)(H,24,26). The number of halogens is 1. The zero-order chi connectivity index (χ0) is 19.2. The van der Waals surface area contributed by atoms with Crippen molar-refractivity contribution in [3.63, 3.8) is 0 Å². The van der Waals surface area contributed by atoms with Gasteiger partial charge in [-0.25, -0.2) is 5.48 Å². The van der Waals surface area contributed by atoms with Crippen molar-refractivity contribution in [2.24, 2.45) is 0 Å². The van der Waals surface area contributed by atoms with Gasteiger partial charge in [-0.05, 0) is 41.5 Å². The molecule has 6 heteroatoms. The summed E-state index contributed by atoms with van der Waals surface area (Å²) >= 11 is 5.93. The molecule has 0 aliphatic heterocycles. The molecule has 1 atom stereocenters. The minimum Gasteiger partial charge on any atom is -0.322 e. The number of rotatable bonds is 5. The number of hydrogen-bond donors (Lipinski definition) is 3. The summed E-state index contributed by atoms with van der Waals surface area (Å²) in [5, 5.41) is 12.4. The fraction of sp³-hybridized carbons (Fsp3) is 0.0476. The van der Waals surface area contributed by atoms with Crippen LogP contribution in [-0.4, -0.2) is 17.0 Å². The van der Waals surface area contributed by atoms with Crippen LogP contribution in [0.2, 0.25) is 5.02 Å². The number of benzene rings is 3. The fourth-order valence-corrected chi connectivity index (χ4v) is 3.02. The van der Waals surface area contributed by atoms with Crippen LogP contribution in [-0.2, 0) is 4.79 Å². The first kappa shape index (κ1) is 18.6. The quantitative estimate of drug-likeness (QED) is 0.458. The van der Waals surface area contributed by atoms with Crippen LogP contribution < -0.4 is 10.8 Å². The molecule has 136 valence electrons. The number of amides is 2. The zero-order valence-electron chi connectivity index (χ0n) is 14.2. The molecule has 0 bridgehead atoms. The molecule has 2 amide bonds. The largest absolute Gasteiger partial charge is 0.322 e. The zero-order valence-corrected chi connectivity index (χ0v) is 15.0. The van der Waals surface area contributed by atoms with Crippen LogP contribution >= 0.6 is 11.6 Å². The Kier molecular flexibility index (Phi) is 5.86. The Balaban J connectivity index is 1.89. The van der Waals surface area contributed by atoms with Gasteiger partial charge in [-0.3, -0.25) is 14.8 Å². The van der Waals surface area contributed by atoms with Gasteiger partial charge in [0.1, 0.15) is 0 Å². The average Bonchev–Trinajstić information content (AvgIpc) is 2.69. The van der Waals surface area contributed by atoms with Gasteiger partial charge in [0.2, 0.25) is 0 Å². The van der Waals surface area contributed by atoms with E-state index in [1.807, 2.05) is 18.2 Å². The Morgan fingerprint density at radius 3 is 2.26 bits per heavy atom. The van der Waals surface area contributed by atoms with Gasteiger partial charge in [0, 0.05) is 16.3 Å². The maximum absolute atomic E-state index is 12.4. The molecule has 3 rings (SSSR count). The summed E-state index contributed by atoms with van der Waals surface area (Å²) in [4.78, 5) is 24.7. The van der Waals surface area contributed by atoms with E-state index in [2.05, 4.69) is 5.32 Å². The maximum Gasteiger partial charge on any atom is 0.255 e. The molecule has 27 heavy (non-hydrogen) atoms. The van der Waals surface area contributed by atoms with Crippen molar-refractivity contribution in [3.8, 4) is 0 Å². The molecule has 0 fully saturated rings. The van der Waals surface area contributed by atoms with Gasteiger partial charge in [0.25, 0.3) is 11.8 Å². The molecule has 1 unspecified atom stereocenters. The third-order valence-electron chi connectivity index (χ3n) is 4.07. The Morgan fingerprint density at radius 2 is 1.56 bits per heavy atom. The predicted octanol–water partition coefficient (Wildman–Crippen LogP) is 4.23. The first-order chi connectivity index (χ1) is 13.1. The fourth-order valence-electron chi connectivity index (χ4n) is 2.83. The molecule has 5 nitrogen and oxygen atoms in total. The van der Waals surface area contributed by atoms with E-state index in [-0.39, 0.29) is 5.91 Å². The van der Waals surface area contributed by atoms with Crippen molar-refractivity contribution < 1.29 is 14.8 Å². The normalized spacial score (nSPS) is 11.5. The van der Waals surface area contributed by atoms with E-state index < -0.39 is 11.8 Å². The summed E-state index contributed by atoms with van der Waals surface area (Å²) in [5.74, 6) is -1.57. The third-order valence-corrected chi connectivity index (χ3v) is 4.31. The van der Waals surface area contributed by atoms with Crippen molar-refractivity contribution in [3.05, 3.63) is 101 Å². The SMILES string of the molecule is O=C(Nc1cccc(C(C(=O)NO)c2ccccc2)c1)c1cccc(Cl)c1. The number of nitrogens with one attached hydrogen (secondary N) is 2. The van der Waals surface area contributed by atoms with Crippen LogP contribution in [0.1, 0.15) is 27.4 Å². The van der Waals surface area contributed by atoms with E-state index in [0.717, 1.165) is 5.56 Å². The molecule has 0 aromatic heterocycles. The molecule has 0 aliphatic rings. The van der Waals surface area contributed by atoms with E-state index in [9.17, 15) is 9.59 Å². The molecule has 0 spiro atoms. The monoisotopic (exact) mass is 380 g/mol. The molecule has 3 aromatic carbocycles. The number of carbonyl (C=O) groups excluding carboxylic acids is 2. The highest BCUT2D eigenvalue weighted by Gasteiger charge is 2.22. The Labute approximate surface area is 161 Å². The number of anilines is 1. The lowest BCUT2D eigenvalue weighted by atomic mass is 9.90. The Morgan fingerprint density at radius 1 is 0.852 bits per heavy atom. The lowest BCUT2D eigenvalue weighted by molar-refractivity contribution is -0.129. The van der Waals surface area contributed by atoms with E-state index >= 15 is 0 Å². The molecule has 0 aliphatic carbocycles. The summed E-state index contributed by atoms with van der Waals surface area (Å²) in [7, 11) is 0. The second-order valence-corrected chi connectivity index (χ2v) is 6.35. The van der Waals surface area contributed by atoms with Crippen LogP contribution in [0.25, 0.3) is 0 Å². The van der Waals surface area contributed by atoms with Crippen LogP contribution in [0.3, 0.4) is 0 Å². The Bertz CT molecular complexity index is 960. The molecule has 3 aromatic rings. The van der Waals surface area contributed by atoms with Crippen molar-refractivity contribution in [2.45, 2.75) is 5.92 Å². The van der Waals surface area contributed by atoms with Gasteiger partial charge in [-0.1, -0.05) is 60.1 Å². The maximum atomic E-state index is 12.4. The molecule has 0 saturated heterocycles. The molecule has 3 N–H and O–H groups in total. The second-order valence-electron chi connectivity index (χ2n) is 5.91. The van der Waals surface area contributed by atoms with Crippen molar-refractivity contribution in [1.29, 1.82) is 0 Å². The van der Waals surface area contributed by atoms with Crippen molar-refractivity contribution in [2.75, 3.05) is 5.32 Å². The summed E-state index contributed by atoms with van der Waals surface area (Å²) in [6.07, 6.45) is 0. The lowest BCUT2D eigenvalue weighted by Crippen LogP contribution is -2.27. The highest BCUT2D eigenvalue weighted by Crippen LogP contribution is 2.27. The Hall–Kier alpha value is -3.15. The van der Waals surface area contributed by atoms with E-state index in [1.54, 1.807) is 66.1 Å². The molecular weight excluding hydrogens is 364 g/mol. The van der Waals surface area contributed by atoms with Crippen LogP contribution in [0, 0.1) is 0 Å². The van der Waals surface area contributed by atoms with Gasteiger partial charge >= 0.3 is 0 Å². The number of carbonyl (C=O) groups is 2. The van der Waals surface area contributed by atoms with Gasteiger partial charge < -0.3 is 5.32 Å². The van der Waals surface area contributed by atoms with Crippen LogP contribution in [0.4, 0.5) is 5.69 Å². The summed E-state index contributed by atoms with van der Waals surface area (Å²) < 4.78 is 0. The van der Waals surface area contributed by atoms with Gasteiger partial charge in [0.15, 0.2) is 0 Å².